The number of allylic oxidation sites excluding steroid dienone is 1. The molecule has 0 aliphatic rings. The van der Waals surface area contributed by atoms with Crippen LogP contribution >= 0.6 is 0 Å². The van der Waals surface area contributed by atoms with E-state index < -0.39 is 0 Å². The maximum Gasteiger partial charge on any atom is 0.307 e. The summed E-state index contributed by atoms with van der Waals surface area (Å²) in [5, 5.41) is 3.18. The van der Waals surface area contributed by atoms with Gasteiger partial charge >= 0.3 is 5.97 Å². The minimum Gasteiger partial charge on any atom is -0.463 e. The molecule has 0 saturated heterocycles. The molecule has 0 unspecified atom stereocenters. The van der Waals surface area contributed by atoms with Crippen LogP contribution in [0.2, 0.25) is 0 Å². The third-order valence-corrected chi connectivity index (χ3v) is 2.95. The van der Waals surface area contributed by atoms with Gasteiger partial charge in [-0.3, -0.25) is 9.79 Å². The van der Waals surface area contributed by atoms with E-state index in [1.165, 1.54) is 12.8 Å². The van der Waals surface area contributed by atoms with Crippen molar-refractivity contribution >= 4 is 11.9 Å². The Labute approximate surface area is 129 Å². The van der Waals surface area contributed by atoms with Crippen LogP contribution < -0.4 is 5.32 Å². The Bertz CT molecular complexity index is 327. The van der Waals surface area contributed by atoms with Crippen molar-refractivity contribution in [2.75, 3.05) is 27.2 Å². The monoisotopic (exact) mass is 297 g/mol. The molecule has 0 aliphatic carbocycles. The second kappa shape index (κ2) is 12.2. The summed E-state index contributed by atoms with van der Waals surface area (Å²) in [6.07, 6.45) is 6.83. The summed E-state index contributed by atoms with van der Waals surface area (Å²) in [5.41, 5.74) is 0. The molecule has 0 heterocycles. The van der Waals surface area contributed by atoms with Crippen molar-refractivity contribution in [1.29, 1.82) is 0 Å². The molecule has 0 aromatic carbocycles. The Morgan fingerprint density at radius 2 is 2.10 bits per heavy atom. The van der Waals surface area contributed by atoms with E-state index in [9.17, 15) is 4.79 Å². The highest BCUT2D eigenvalue weighted by atomic mass is 16.5. The van der Waals surface area contributed by atoms with Gasteiger partial charge in [-0.05, 0) is 33.1 Å². The van der Waals surface area contributed by atoms with Gasteiger partial charge in [0, 0.05) is 27.2 Å². The summed E-state index contributed by atoms with van der Waals surface area (Å²) >= 11 is 0. The van der Waals surface area contributed by atoms with E-state index in [1.54, 1.807) is 7.05 Å². The fourth-order valence-electron chi connectivity index (χ4n) is 1.90. The fraction of sp³-hybridized carbons (Fsp3) is 0.750. The zero-order valence-electron chi connectivity index (χ0n) is 14.0. The molecule has 0 aliphatic heterocycles. The highest BCUT2D eigenvalue weighted by Crippen LogP contribution is 2.01. The molecule has 1 N–H and O–H groups in total. The van der Waals surface area contributed by atoms with Crippen molar-refractivity contribution < 1.29 is 9.53 Å². The summed E-state index contributed by atoms with van der Waals surface area (Å²) in [5.74, 6) is 0.635. The van der Waals surface area contributed by atoms with Gasteiger partial charge in [0.1, 0.15) is 0 Å². The molecular weight excluding hydrogens is 266 g/mol. The van der Waals surface area contributed by atoms with Crippen LogP contribution in [0, 0.1) is 0 Å². The molecule has 0 radical (unpaired) electrons. The van der Waals surface area contributed by atoms with Crippen molar-refractivity contribution in [3.63, 3.8) is 0 Å². The van der Waals surface area contributed by atoms with Crippen LogP contribution in [-0.2, 0) is 9.53 Å². The number of esters is 1. The molecule has 0 aromatic heterocycles. The number of hydrogen-bond acceptors (Lipinski definition) is 3. The van der Waals surface area contributed by atoms with Gasteiger partial charge in [0.2, 0.25) is 0 Å². The zero-order valence-corrected chi connectivity index (χ0v) is 14.0. The van der Waals surface area contributed by atoms with Crippen LogP contribution in [0.1, 0.15) is 46.0 Å². The van der Waals surface area contributed by atoms with E-state index in [0.29, 0.717) is 13.0 Å². The Hall–Kier alpha value is -1.52. The van der Waals surface area contributed by atoms with Crippen LogP contribution in [0.15, 0.2) is 17.6 Å². The predicted molar refractivity (Wildman–Crippen MR) is 88.5 cm³/mol. The average molecular weight is 297 g/mol. The molecule has 21 heavy (non-hydrogen) atoms. The standard InChI is InChI=1S/C16H31N3O2/c1-6-7-8-9-10-13-19(5)16(17-4)18-12-11-15(20)21-14(2)3/h6,14H,1,7-13H2,2-5H3,(H,17,18). The van der Waals surface area contributed by atoms with Crippen molar-refractivity contribution in [2.45, 2.75) is 52.1 Å². The van der Waals surface area contributed by atoms with Gasteiger partial charge < -0.3 is 15.0 Å². The quantitative estimate of drug-likeness (QED) is 0.221. The number of carbonyl (C=O) groups excluding carboxylic acids is 1. The molecular formula is C16H31N3O2. The van der Waals surface area contributed by atoms with Gasteiger partial charge in [-0.15, -0.1) is 6.58 Å². The summed E-state index contributed by atoms with van der Waals surface area (Å²) in [7, 11) is 3.76. The van der Waals surface area contributed by atoms with E-state index >= 15 is 0 Å². The second-order valence-corrected chi connectivity index (χ2v) is 5.32. The van der Waals surface area contributed by atoms with Crippen molar-refractivity contribution in [1.82, 2.24) is 10.2 Å². The minimum absolute atomic E-state index is 0.0601. The molecule has 0 aromatic rings. The van der Waals surface area contributed by atoms with E-state index in [-0.39, 0.29) is 12.1 Å². The first kappa shape index (κ1) is 19.5. The Morgan fingerprint density at radius 1 is 1.38 bits per heavy atom. The number of unbranched alkanes of at least 4 members (excludes halogenated alkanes) is 3. The van der Waals surface area contributed by atoms with Gasteiger partial charge in [-0.1, -0.05) is 12.5 Å². The maximum atomic E-state index is 11.4. The van der Waals surface area contributed by atoms with E-state index in [2.05, 4.69) is 21.8 Å². The molecule has 0 rings (SSSR count). The number of ether oxygens (including phenoxy) is 1. The lowest BCUT2D eigenvalue weighted by atomic mass is 10.2. The maximum absolute atomic E-state index is 11.4. The van der Waals surface area contributed by atoms with Crippen molar-refractivity contribution in [2.24, 2.45) is 4.99 Å². The molecule has 0 amide bonds. The summed E-state index contributed by atoms with van der Waals surface area (Å²) in [4.78, 5) is 17.8. The Kier molecular flexibility index (Phi) is 11.4. The Morgan fingerprint density at radius 3 is 2.67 bits per heavy atom. The lowest BCUT2D eigenvalue weighted by Crippen LogP contribution is -2.40. The second-order valence-electron chi connectivity index (χ2n) is 5.32. The summed E-state index contributed by atoms with van der Waals surface area (Å²) in [6, 6.07) is 0. The first-order chi connectivity index (χ1) is 10.0. The van der Waals surface area contributed by atoms with Crippen molar-refractivity contribution in [3.05, 3.63) is 12.7 Å². The van der Waals surface area contributed by atoms with Crippen LogP contribution in [0.3, 0.4) is 0 Å². The van der Waals surface area contributed by atoms with Gasteiger partial charge in [-0.25, -0.2) is 0 Å². The number of rotatable bonds is 10. The lowest BCUT2D eigenvalue weighted by Gasteiger charge is -2.22. The van der Waals surface area contributed by atoms with Crippen molar-refractivity contribution in [3.8, 4) is 0 Å². The summed E-state index contributed by atoms with van der Waals surface area (Å²) < 4.78 is 5.09. The largest absolute Gasteiger partial charge is 0.463 e. The molecule has 0 bridgehead atoms. The number of aliphatic imine (C=N–C) groups is 1. The third kappa shape index (κ3) is 10.9. The third-order valence-electron chi connectivity index (χ3n) is 2.95. The number of guanidine groups is 1. The van der Waals surface area contributed by atoms with Crippen LogP contribution in [0.25, 0.3) is 0 Å². The normalized spacial score (nSPS) is 11.4. The van der Waals surface area contributed by atoms with E-state index in [0.717, 1.165) is 25.3 Å². The summed E-state index contributed by atoms with van der Waals surface area (Å²) in [6.45, 7) is 8.92. The van der Waals surface area contributed by atoms with E-state index in [4.69, 9.17) is 4.74 Å². The first-order valence-corrected chi connectivity index (χ1v) is 7.73. The number of nitrogens with zero attached hydrogens (tertiary/aromatic N) is 2. The smallest absolute Gasteiger partial charge is 0.307 e. The van der Waals surface area contributed by atoms with E-state index in [1.807, 2.05) is 27.0 Å². The number of nitrogens with one attached hydrogen (secondary N) is 1. The van der Waals surface area contributed by atoms with Gasteiger partial charge in [0.25, 0.3) is 0 Å². The highest BCUT2D eigenvalue weighted by molar-refractivity contribution is 5.80. The molecule has 0 spiro atoms. The molecule has 0 saturated carbocycles. The molecule has 0 atom stereocenters. The van der Waals surface area contributed by atoms with Gasteiger partial charge in [0.15, 0.2) is 5.96 Å². The topological polar surface area (TPSA) is 53.9 Å². The Balaban J connectivity index is 3.88. The number of carbonyl (C=O) groups is 1. The van der Waals surface area contributed by atoms with Crippen LogP contribution in [0.4, 0.5) is 0 Å². The lowest BCUT2D eigenvalue weighted by molar-refractivity contribution is -0.147. The molecule has 5 heteroatoms. The zero-order chi connectivity index (χ0) is 16.1. The first-order valence-electron chi connectivity index (χ1n) is 7.73. The average Bonchev–Trinajstić information content (AvgIpc) is 2.42. The molecule has 0 fully saturated rings. The minimum atomic E-state index is -0.181. The van der Waals surface area contributed by atoms with Crippen LogP contribution in [0.5, 0.6) is 0 Å². The van der Waals surface area contributed by atoms with Gasteiger partial charge in [0.05, 0.1) is 12.5 Å². The highest BCUT2D eigenvalue weighted by Gasteiger charge is 2.08. The molecule has 122 valence electrons. The SMILES string of the molecule is C=CCCCCCN(C)C(=NC)NCCC(=O)OC(C)C. The van der Waals surface area contributed by atoms with Gasteiger partial charge in [-0.2, -0.15) is 0 Å². The number of hydrogen-bond donors (Lipinski definition) is 1. The predicted octanol–water partition coefficient (Wildman–Crippen LogP) is 2.58. The molecule has 5 nitrogen and oxygen atoms in total. The van der Waals surface area contributed by atoms with Crippen LogP contribution in [-0.4, -0.2) is 50.1 Å². The fourth-order valence-corrected chi connectivity index (χ4v) is 1.90.